The van der Waals surface area contributed by atoms with Gasteiger partial charge in [-0.15, -0.1) is 0 Å². The van der Waals surface area contributed by atoms with Crippen molar-refractivity contribution < 1.29 is 29.3 Å². The third-order valence-corrected chi connectivity index (χ3v) is 6.05. The Morgan fingerprint density at radius 3 is 2.28 bits per heavy atom. The third-order valence-electron chi connectivity index (χ3n) is 6.05. The van der Waals surface area contributed by atoms with E-state index in [1.54, 1.807) is 7.11 Å². The molecule has 0 unspecified atom stereocenters. The first-order valence-corrected chi connectivity index (χ1v) is 11.1. The normalized spacial score (nSPS) is 20.9. The van der Waals surface area contributed by atoms with Gasteiger partial charge in [0.05, 0.1) is 13.5 Å². The first kappa shape index (κ1) is 25.4. The van der Waals surface area contributed by atoms with E-state index >= 15 is 0 Å². The summed E-state index contributed by atoms with van der Waals surface area (Å²) in [6, 6.07) is 8.77. The summed E-state index contributed by atoms with van der Waals surface area (Å²) in [4.78, 5) is 36.6. The Hall–Kier alpha value is -2.87. The number of carbonyl (C=O) groups is 3. The van der Waals surface area contributed by atoms with Gasteiger partial charge in [0, 0.05) is 31.3 Å². The van der Waals surface area contributed by atoms with Gasteiger partial charge in [-0.05, 0) is 56.5 Å². The number of likely N-dealkylation sites (tertiary alicyclic amines) is 1. The van der Waals surface area contributed by atoms with Crippen molar-refractivity contribution in [1.29, 1.82) is 0 Å². The molecular formula is C24H34N2O6. The number of carboxylic acids is 2. The molecule has 0 bridgehead atoms. The maximum absolute atomic E-state index is 12.8. The van der Waals surface area contributed by atoms with Gasteiger partial charge in [-0.3, -0.25) is 9.69 Å². The number of aliphatic carboxylic acids is 2. The predicted octanol–water partition coefficient (Wildman–Crippen LogP) is 2.81. The van der Waals surface area contributed by atoms with E-state index in [4.69, 9.17) is 14.9 Å². The fourth-order valence-electron chi connectivity index (χ4n) is 4.45. The average Bonchev–Trinajstić information content (AvgIpc) is 3.32. The lowest BCUT2D eigenvalue weighted by molar-refractivity contribution is -0.134. The summed E-state index contributed by atoms with van der Waals surface area (Å²) in [5.74, 6) is -1.48. The van der Waals surface area contributed by atoms with Crippen LogP contribution in [-0.4, -0.2) is 77.2 Å². The molecule has 8 heteroatoms. The molecule has 1 aromatic carbocycles. The molecule has 1 saturated carbocycles. The zero-order chi connectivity index (χ0) is 23.5. The Morgan fingerprint density at radius 2 is 1.69 bits per heavy atom. The second-order valence-corrected chi connectivity index (χ2v) is 8.20. The zero-order valence-electron chi connectivity index (χ0n) is 18.9. The van der Waals surface area contributed by atoms with Gasteiger partial charge in [0.15, 0.2) is 0 Å². The van der Waals surface area contributed by atoms with E-state index in [2.05, 4.69) is 4.90 Å². The summed E-state index contributed by atoms with van der Waals surface area (Å²) in [5, 5.41) is 15.6. The molecule has 1 aliphatic heterocycles. The number of likely N-dealkylation sites (N-methyl/N-ethyl adjacent to an activating group) is 1. The molecule has 2 N–H and O–H groups in total. The van der Waals surface area contributed by atoms with Gasteiger partial charge in [-0.2, -0.15) is 0 Å². The lowest BCUT2D eigenvalue weighted by Gasteiger charge is -2.42. The molecule has 0 spiro atoms. The monoisotopic (exact) mass is 446 g/mol. The number of hydrogen-bond donors (Lipinski definition) is 2. The number of amides is 1. The van der Waals surface area contributed by atoms with Crippen LogP contribution in [0, 0.1) is 0 Å². The Morgan fingerprint density at radius 1 is 1.06 bits per heavy atom. The number of hydrogen-bond acceptors (Lipinski definition) is 5. The van der Waals surface area contributed by atoms with Gasteiger partial charge in [0.25, 0.3) is 0 Å². The van der Waals surface area contributed by atoms with Crippen LogP contribution in [0.15, 0.2) is 36.4 Å². The van der Waals surface area contributed by atoms with E-state index in [-0.39, 0.29) is 5.91 Å². The molecule has 1 saturated heterocycles. The quantitative estimate of drug-likeness (QED) is 0.620. The van der Waals surface area contributed by atoms with Crippen molar-refractivity contribution >= 4 is 17.8 Å². The van der Waals surface area contributed by atoms with E-state index in [0.717, 1.165) is 17.7 Å². The maximum atomic E-state index is 12.8. The van der Waals surface area contributed by atoms with Crippen LogP contribution < -0.4 is 4.74 Å². The molecule has 8 nitrogen and oxygen atoms in total. The zero-order valence-corrected chi connectivity index (χ0v) is 18.9. The molecule has 1 heterocycles. The smallest absolute Gasteiger partial charge is 0.328 e. The minimum atomic E-state index is -1.26. The van der Waals surface area contributed by atoms with Gasteiger partial charge in [-0.1, -0.05) is 25.0 Å². The van der Waals surface area contributed by atoms with Crippen LogP contribution in [0.2, 0.25) is 0 Å². The number of carbonyl (C=O) groups excluding carboxylic acids is 1. The molecular weight excluding hydrogens is 412 g/mol. The summed E-state index contributed by atoms with van der Waals surface area (Å²) >= 11 is 0. The molecule has 1 amide bonds. The van der Waals surface area contributed by atoms with Crippen LogP contribution in [0.3, 0.4) is 0 Å². The molecule has 2 atom stereocenters. The number of methoxy groups -OCH3 is 1. The molecule has 176 valence electrons. The Bertz CT molecular complexity index is 787. The van der Waals surface area contributed by atoms with Gasteiger partial charge < -0.3 is 19.8 Å². The van der Waals surface area contributed by atoms with Crippen molar-refractivity contribution in [2.75, 3.05) is 27.2 Å². The summed E-state index contributed by atoms with van der Waals surface area (Å²) in [6.07, 6.45) is 9.11. The Labute approximate surface area is 189 Å². The summed E-state index contributed by atoms with van der Waals surface area (Å²) in [5.41, 5.74) is 1.03. The highest BCUT2D eigenvalue weighted by atomic mass is 16.5. The number of rotatable bonds is 7. The molecule has 0 aromatic heterocycles. The molecule has 1 aromatic rings. The van der Waals surface area contributed by atoms with Crippen molar-refractivity contribution in [2.45, 2.75) is 57.0 Å². The van der Waals surface area contributed by atoms with E-state index in [1.807, 2.05) is 36.2 Å². The van der Waals surface area contributed by atoms with Gasteiger partial charge in [0.2, 0.25) is 5.91 Å². The van der Waals surface area contributed by atoms with Crippen molar-refractivity contribution in [3.05, 3.63) is 42.0 Å². The molecule has 3 rings (SSSR count). The van der Waals surface area contributed by atoms with Crippen LogP contribution in [0.1, 0.15) is 44.1 Å². The fraction of sp³-hybridized carbons (Fsp3) is 0.542. The highest BCUT2D eigenvalue weighted by molar-refractivity contribution is 5.89. The van der Waals surface area contributed by atoms with Crippen molar-refractivity contribution in [3.63, 3.8) is 0 Å². The Balaban J connectivity index is 0.000000390. The number of ether oxygens (including phenoxy) is 1. The largest absolute Gasteiger partial charge is 0.497 e. The Kier molecular flexibility index (Phi) is 10.2. The van der Waals surface area contributed by atoms with Crippen molar-refractivity contribution in [3.8, 4) is 5.75 Å². The van der Waals surface area contributed by atoms with E-state index in [1.165, 1.54) is 45.2 Å². The van der Waals surface area contributed by atoms with Crippen molar-refractivity contribution in [2.24, 2.45) is 0 Å². The van der Waals surface area contributed by atoms with Crippen LogP contribution in [0.5, 0.6) is 5.75 Å². The third kappa shape index (κ3) is 8.00. The summed E-state index contributed by atoms with van der Waals surface area (Å²) in [7, 11) is 3.66. The van der Waals surface area contributed by atoms with Gasteiger partial charge in [-0.25, -0.2) is 9.59 Å². The molecule has 32 heavy (non-hydrogen) atoms. The van der Waals surface area contributed by atoms with E-state index in [9.17, 15) is 14.4 Å². The minimum absolute atomic E-state index is 0.222. The highest BCUT2D eigenvalue weighted by Gasteiger charge is 2.35. The van der Waals surface area contributed by atoms with Crippen LogP contribution in [0.4, 0.5) is 0 Å². The first-order chi connectivity index (χ1) is 15.3. The minimum Gasteiger partial charge on any atom is -0.497 e. The first-order valence-electron chi connectivity index (χ1n) is 11.1. The molecule has 0 radical (unpaired) electrons. The van der Waals surface area contributed by atoms with Gasteiger partial charge in [0.1, 0.15) is 5.75 Å². The number of nitrogens with zero attached hydrogens (tertiary/aromatic N) is 2. The second-order valence-electron chi connectivity index (χ2n) is 8.20. The SMILES string of the molecule is COc1cccc(CC(=O)N(C)[C@@H]2CCCC[C@@H]2N2CCCC2)c1.O=C(O)/C=C/C(=O)O. The summed E-state index contributed by atoms with van der Waals surface area (Å²) in [6.45, 7) is 2.41. The van der Waals surface area contributed by atoms with E-state index in [0.29, 0.717) is 30.7 Å². The van der Waals surface area contributed by atoms with Crippen LogP contribution in [0.25, 0.3) is 0 Å². The standard InChI is InChI=1S/C20H30N2O2.C4H4O4/c1-21(20(23)15-16-8-7-9-17(14-16)24-2)18-10-3-4-11-19(18)22-12-5-6-13-22;5-3(6)1-2-4(7)8/h7-9,14,18-19H,3-6,10-13,15H2,1-2H3;1-2H,(H,5,6)(H,7,8)/b;2-1+/t18-,19+;/m1./s1. The number of carboxylic acid groups (broad SMARTS) is 2. The second kappa shape index (κ2) is 12.9. The summed E-state index contributed by atoms with van der Waals surface area (Å²) < 4.78 is 5.27. The number of benzene rings is 1. The van der Waals surface area contributed by atoms with E-state index < -0.39 is 11.9 Å². The molecule has 2 fully saturated rings. The average molecular weight is 447 g/mol. The predicted molar refractivity (Wildman–Crippen MR) is 121 cm³/mol. The van der Waals surface area contributed by atoms with Crippen molar-refractivity contribution in [1.82, 2.24) is 9.80 Å². The maximum Gasteiger partial charge on any atom is 0.328 e. The fourth-order valence-corrected chi connectivity index (χ4v) is 4.45. The van der Waals surface area contributed by atoms with Gasteiger partial charge >= 0.3 is 11.9 Å². The van der Waals surface area contributed by atoms with Crippen LogP contribution in [-0.2, 0) is 20.8 Å². The highest BCUT2D eigenvalue weighted by Crippen LogP contribution is 2.29. The van der Waals surface area contributed by atoms with Crippen LogP contribution >= 0.6 is 0 Å². The topological polar surface area (TPSA) is 107 Å². The molecule has 2 aliphatic rings. The molecule has 1 aliphatic carbocycles. The lowest BCUT2D eigenvalue weighted by atomic mass is 9.88. The lowest BCUT2D eigenvalue weighted by Crippen LogP contribution is -2.53.